The molecule has 0 aromatic heterocycles. The molecule has 0 aliphatic heterocycles. The van der Waals surface area contributed by atoms with E-state index in [9.17, 15) is 4.39 Å². The van der Waals surface area contributed by atoms with E-state index in [1.165, 1.54) is 6.07 Å². The molecule has 0 bridgehead atoms. The third-order valence-electron chi connectivity index (χ3n) is 3.20. The van der Waals surface area contributed by atoms with Gasteiger partial charge in [0.1, 0.15) is 11.6 Å². The predicted molar refractivity (Wildman–Crippen MR) is 84.9 cm³/mol. The van der Waals surface area contributed by atoms with Gasteiger partial charge in [-0.2, -0.15) is 0 Å². The molecule has 0 heterocycles. The van der Waals surface area contributed by atoms with Crippen molar-refractivity contribution in [1.29, 1.82) is 0 Å². The van der Waals surface area contributed by atoms with Gasteiger partial charge in [0.2, 0.25) is 0 Å². The summed E-state index contributed by atoms with van der Waals surface area (Å²) < 4.78 is 19.7. The lowest BCUT2D eigenvalue weighted by atomic mass is 9.97. The Morgan fingerprint density at radius 3 is 2.62 bits per heavy atom. The number of halogens is 3. The van der Waals surface area contributed by atoms with Crippen LogP contribution in [0.5, 0.6) is 5.75 Å². The van der Waals surface area contributed by atoms with E-state index in [1.54, 1.807) is 37.4 Å². The van der Waals surface area contributed by atoms with Crippen molar-refractivity contribution in [2.24, 2.45) is 0 Å². The first-order valence-corrected chi connectivity index (χ1v) is 7.34. The van der Waals surface area contributed by atoms with Crippen LogP contribution < -0.4 is 10.1 Å². The number of ether oxygens (including phenoxy) is 1. The molecule has 2 nitrogen and oxygen atoms in total. The Morgan fingerprint density at radius 1 is 1.19 bits per heavy atom. The van der Waals surface area contributed by atoms with Crippen molar-refractivity contribution in [2.75, 3.05) is 13.7 Å². The SMILES string of the molecule is CCNC(c1cc(Cl)ccc1OC)c1cccc(Cl)c1F. The molecular weight excluding hydrogens is 312 g/mol. The topological polar surface area (TPSA) is 21.3 Å². The first-order chi connectivity index (χ1) is 10.1. The van der Waals surface area contributed by atoms with Crippen LogP contribution in [0, 0.1) is 5.82 Å². The van der Waals surface area contributed by atoms with Crippen LogP contribution in [0.4, 0.5) is 4.39 Å². The van der Waals surface area contributed by atoms with Crippen molar-refractivity contribution in [3.63, 3.8) is 0 Å². The van der Waals surface area contributed by atoms with E-state index < -0.39 is 5.82 Å². The van der Waals surface area contributed by atoms with Crippen molar-refractivity contribution in [2.45, 2.75) is 13.0 Å². The lowest BCUT2D eigenvalue weighted by molar-refractivity contribution is 0.403. The molecule has 1 atom stereocenters. The van der Waals surface area contributed by atoms with Gasteiger partial charge in [0.15, 0.2) is 0 Å². The fraction of sp³-hybridized carbons (Fsp3) is 0.250. The fourth-order valence-corrected chi connectivity index (χ4v) is 2.63. The highest BCUT2D eigenvalue weighted by molar-refractivity contribution is 6.31. The minimum atomic E-state index is -0.438. The summed E-state index contributed by atoms with van der Waals surface area (Å²) >= 11 is 12.0. The van der Waals surface area contributed by atoms with Gasteiger partial charge in [0.25, 0.3) is 0 Å². The first-order valence-electron chi connectivity index (χ1n) is 6.59. The van der Waals surface area contributed by atoms with Gasteiger partial charge < -0.3 is 10.1 Å². The van der Waals surface area contributed by atoms with Crippen LogP contribution in [0.3, 0.4) is 0 Å². The maximum atomic E-state index is 14.4. The van der Waals surface area contributed by atoms with Gasteiger partial charge in [-0.25, -0.2) is 4.39 Å². The second-order valence-corrected chi connectivity index (χ2v) is 5.36. The molecule has 0 saturated carbocycles. The third-order valence-corrected chi connectivity index (χ3v) is 3.73. The van der Waals surface area contributed by atoms with Gasteiger partial charge in [0, 0.05) is 16.1 Å². The summed E-state index contributed by atoms with van der Waals surface area (Å²) in [5.74, 6) is 0.205. The Labute approximate surface area is 133 Å². The predicted octanol–water partition coefficient (Wildman–Crippen LogP) is 4.84. The van der Waals surface area contributed by atoms with Crippen LogP contribution in [0.2, 0.25) is 10.0 Å². The molecule has 2 rings (SSSR count). The zero-order valence-corrected chi connectivity index (χ0v) is 13.3. The summed E-state index contributed by atoms with van der Waals surface area (Å²) in [6.07, 6.45) is 0. The number of rotatable bonds is 5. The molecule has 0 aliphatic carbocycles. The molecule has 0 spiro atoms. The van der Waals surface area contributed by atoms with Crippen molar-refractivity contribution in [3.05, 3.63) is 63.4 Å². The number of nitrogens with one attached hydrogen (secondary N) is 1. The standard InChI is InChI=1S/C16H16Cl2FNO/c1-3-20-16(11-5-4-6-13(18)15(11)19)12-9-10(17)7-8-14(12)21-2/h4-9,16,20H,3H2,1-2H3. The highest BCUT2D eigenvalue weighted by atomic mass is 35.5. The van der Waals surface area contributed by atoms with E-state index in [0.29, 0.717) is 22.9 Å². The Hall–Kier alpha value is -1.29. The van der Waals surface area contributed by atoms with E-state index >= 15 is 0 Å². The third kappa shape index (κ3) is 3.49. The van der Waals surface area contributed by atoms with E-state index in [1.807, 2.05) is 6.92 Å². The van der Waals surface area contributed by atoms with Crippen LogP contribution in [-0.2, 0) is 0 Å². The van der Waals surface area contributed by atoms with E-state index in [0.717, 1.165) is 5.56 Å². The van der Waals surface area contributed by atoms with Crippen LogP contribution in [0.25, 0.3) is 0 Å². The Balaban J connectivity index is 2.58. The fourth-order valence-electron chi connectivity index (χ4n) is 2.27. The van der Waals surface area contributed by atoms with Gasteiger partial charge in [-0.15, -0.1) is 0 Å². The number of methoxy groups -OCH3 is 1. The quantitative estimate of drug-likeness (QED) is 0.848. The Kier molecular flexibility index (Phi) is 5.45. The molecule has 0 amide bonds. The van der Waals surface area contributed by atoms with E-state index in [-0.39, 0.29) is 11.1 Å². The molecule has 0 fully saturated rings. The van der Waals surface area contributed by atoms with Crippen molar-refractivity contribution < 1.29 is 9.13 Å². The van der Waals surface area contributed by atoms with Crippen molar-refractivity contribution in [3.8, 4) is 5.75 Å². The van der Waals surface area contributed by atoms with Gasteiger partial charge in [-0.3, -0.25) is 0 Å². The lowest BCUT2D eigenvalue weighted by Gasteiger charge is -2.22. The summed E-state index contributed by atoms with van der Waals surface area (Å²) in [6, 6.07) is 9.84. The zero-order valence-electron chi connectivity index (χ0n) is 11.8. The summed E-state index contributed by atoms with van der Waals surface area (Å²) in [4.78, 5) is 0. The minimum absolute atomic E-state index is 0.0939. The molecule has 2 aromatic rings. The normalized spacial score (nSPS) is 12.2. The van der Waals surface area contributed by atoms with Crippen LogP contribution in [-0.4, -0.2) is 13.7 Å². The Morgan fingerprint density at radius 2 is 1.95 bits per heavy atom. The molecule has 0 aliphatic rings. The largest absolute Gasteiger partial charge is 0.496 e. The second kappa shape index (κ2) is 7.12. The highest BCUT2D eigenvalue weighted by Gasteiger charge is 2.22. The monoisotopic (exact) mass is 327 g/mol. The number of benzene rings is 2. The van der Waals surface area contributed by atoms with Gasteiger partial charge in [-0.1, -0.05) is 42.3 Å². The highest BCUT2D eigenvalue weighted by Crippen LogP contribution is 2.34. The molecule has 1 N–H and O–H groups in total. The van der Waals surface area contributed by atoms with E-state index in [4.69, 9.17) is 27.9 Å². The van der Waals surface area contributed by atoms with Crippen LogP contribution in [0.1, 0.15) is 24.1 Å². The van der Waals surface area contributed by atoms with Crippen molar-refractivity contribution in [1.82, 2.24) is 5.32 Å². The first kappa shape index (κ1) is 16.1. The average molecular weight is 328 g/mol. The van der Waals surface area contributed by atoms with Gasteiger partial charge >= 0.3 is 0 Å². The number of hydrogen-bond acceptors (Lipinski definition) is 2. The smallest absolute Gasteiger partial charge is 0.146 e. The van der Waals surface area contributed by atoms with Crippen molar-refractivity contribution >= 4 is 23.2 Å². The molecule has 0 radical (unpaired) electrons. The zero-order chi connectivity index (χ0) is 15.4. The maximum absolute atomic E-state index is 14.4. The van der Waals surface area contributed by atoms with Crippen LogP contribution >= 0.6 is 23.2 Å². The van der Waals surface area contributed by atoms with E-state index in [2.05, 4.69) is 5.32 Å². The van der Waals surface area contributed by atoms with Gasteiger partial charge in [0.05, 0.1) is 18.2 Å². The average Bonchev–Trinajstić information content (AvgIpc) is 2.48. The molecular formula is C16H16Cl2FNO. The molecule has 5 heteroatoms. The minimum Gasteiger partial charge on any atom is -0.496 e. The lowest BCUT2D eigenvalue weighted by Crippen LogP contribution is -2.23. The maximum Gasteiger partial charge on any atom is 0.146 e. The summed E-state index contributed by atoms with van der Waals surface area (Å²) in [7, 11) is 1.57. The second-order valence-electron chi connectivity index (χ2n) is 4.52. The summed E-state index contributed by atoms with van der Waals surface area (Å²) in [5.41, 5.74) is 1.23. The molecule has 1 unspecified atom stereocenters. The molecule has 0 saturated heterocycles. The van der Waals surface area contributed by atoms with Gasteiger partial charge in [-0.05, 0) is 30.8 Å². The number of hydrogen-bond donors (Lipinski definition) is 1. The van der Waals surface area contributed by atoms with Crippen LogP contribution in [0.15, 0.2) is 36.4 Å². The summed E-state index contributed by atoms with van der Waals surface area (Å²) in [6.45, 7) is 2.61. The molecule has 112 valence electrons. The summed E-state index contributed by atoms with van der Waals surface area (Å²) in [5, 5.41) is 3.91. The molecule has 21 heavy (non-hydrogen) atoms. The Bertz CT molecular complexity index is 634. The molecule has 2 aromatic carbocycles.